The summed E-state index contributed by atoms with van der Waals surface area (Å²) >= 11 is 1.73. The second kappa shape index (κ2) is 10.6. The topological polar surface area (TPSA) is 57.3 Å². The predicted molar refractivity (Wildman–Crippen MR) is 124 cm³/mol. The molecule has 4 rings (SSSR count). The fraction of sp³-hybridized carbons (Fsp3) is 0.600. The summed E-state index contributed by atoms with van der Waals surface area (Å²) in [6.07, 6.45) is 5.55. The molecule has 2 saturated heterocycles. The molecule has 2 unspecified atom stereocenters. The van der Waals surface area contributed by atoms with Gasteiger partial charge in [-0.2, -0.15) is 0 Å². The first-order valence-electron chi connectivity index (χ1n) is 9.85. The van der Waals surface area contributed by atoms with Crippen LogP contribution in [0.5, 0.6) is 0 Å². The number of aromatic nitrogens is 1. The van der Waals surface area contributed by atoms with Gasteiger partial charge in [0.25, 0.3) is 0 Å². The van der Waals surface area contributed by atoms with Crippen molar-refractivity contribution in [3.05, 3.63) is 18.2 Å². The van der Waals surface area contributed by atoms with Crippen molar-refractivity contribution in [1.29, 1.82) is 0 Å². The number of fused-ring (bicyclic) bond motifs is 1. The van der Waals surface area contributed by atoms with E-state index in [-0.39, 0.29) is 30.7 Å². The van der Waals surface area contributed by atoms with Crippen molar-refractivity contribution in [2.75, 3.05) is 36.4 Å². The van der Waals surface area contributed by atoms with Crippen LogP contribution in [0, 0.1) is 11.8 Å². The molecule has 2 N–H and O–H groups in total. The van der Waals surface area contributed by atoms with E-state index in [0.29, 0.717) is 18.3 Å². The molecule has 156 valence electrons. The van der Waals surface area contributed by atoms with Crippen LogP contribution >= 0.6 is 36.2 Å². The Bertz CT molecular complexity index is 773. The van der Waals surface area contributed by atoms with Gasteiger partial charge in [-0.1, -0.05) is 18.3 Å². The van der Waals surface area contributed by atoms with Gasteiger partial charge in [-0.3, -0.25) is 4.79 Å². The van der Waals surface area contributed by atoms with Gasteiger partial charge in [0.1, 0.15) is 0 Å². The summed E-state index contributed by atoms with van der Waals surface area (Å²) in [5.74, 6) is 1.14. The molecule has 0 saturated carbocycles. The summed E-state index contributed by atoms with van der Waals surface area (Å²) in [5, 5.41) is 7.64. The van der Waals surface area contributed by atoms with E-state index in [0.717, 1.165) is 47.2 Å². The third-order valence-corrected chi connectivity index (χ3v) is 6.76. The molecule has 8 heteroatoms. The molecule has 5 nitrogen and oxygen atoms in total. The number of halogens is 2. The Morgan fingerprint density at radius 3 is 2.82 bits per heavy atom. The summed E-state index contributed by atoms with van der Waals surface area (Å²) < 4.78 is 1.15. The molecule has 3 heterocycles. The van der Waals surface area contributed by atoms with Gasteiger partial charge in [0.05, 0.1) is 10.2 Å². The van der Waals surface area contributed by atoms with Gasteiger partial charge in [0.2, 0.25) is 5.91 Å². The summed E-state index contributed by atoms with van der Waals surface area (Å²) in [6.45, 7) is 6.57. The van der Waals surface area contributed by atoms with Crippen LogP contribution < -0.4 is 15.5 Å². The molecule has 2 fully saturated rings. The van der Waals surface area contributed by atoms with Crippen LogP contribution in [0.2, 0.25) is 0 Å². The van der Waals surface area contributed by atoms with E-state index in [1.54, 1.807) is 11.3 Å². The fourth-order valence-electron chi connectivity index (χ4n) is 4.07. The molecule has 0 spiro atoms. The highest BCUT2D eigenvalue weighted by atomic mass is 35.5. The number of carbonyl (C=O) groups is 1. The van der Waals surface area contributed by atoms with Crippen molar-refractivity contribution in [1.82, 2.24) is 10.3 Å². The quantitative estimate of drug-likeness (QED) is 0.700. The zero-order valence-electron chi connectivity index (χ0n) is 16.3. The molecular formula is C20H30Cl2N4OS. The molecule has 0 bridgehead atoms. The van der Waals surface area contributed by atoms with E-state index in [4.69, 9.17) is 4.98 Å². The molecule has 2 aliphatic rings. The lowest BCUT2D eigenvalue weighted by molar-refractivity contribution is -0.117. The van der Waals surface area contributed by atoms with Crippen LogP contribution in [0.25, 0.3) is 10.2 Å². The molecule has 2 aromatic rings. The average molecular weight is 445 g/mol. The van der Waals surface area contributed by atoms with E-state index in [1.165, 1.54) is 25.7 Å². The summed E-state index contributed by atoms with van der Waals surface area (Å²) in [5.41, 5.74) is 1.91. The van der Waals surface area contributed by atoms with E-state index in [9.17, 15) is 4.79 Å². The third-order valence-electron chi connectivity index (χ3n) is 5.68. The standard InChI is InChI=1S/C20H28N4OS.2ClH/c1-14(15-5-4-8-21-13-15)11-19(25)22-16-6-7-17-18(12-16)26-20(23-17)24-9-2-3-10-24;;/h6-7,12,14-15,21H,2-5,8-11,13H2,1H3,(H,22,25);2*1H. The third kappa shape index (κ3) is 5.50. The second-order valence-electron chi connectivity index (χ2n) is 7.71. The number of nitrogens with one attached hydrogen (secondary N) is 2. The van der Waals surface area contributed by atoms with Crippen molar-refractivity contribution in [2.45, 2.75) is 39.0 Å². The van der Waals surface area contributed by atoms with Crippen molar-refractivity contribution in [2.24, 2.45) is 11.8 Å². The van der Waals surface area contributed by atoms with Gasteiger partial charge in [0, 0.05) is 25.2 Å². The summed E-state index contributed by atoms with van der Waals surface area (Å²) in [7, 11) is 0. The predicted octanol–water partition coefficient (Wildman–Crippen LogP) is 4.70. The SMILES string of the molecule is CC(CC(=O)Nc1ccc2nc(N3CCCC3)sc2c1)C1CCCNC1.Cl.Cl. The Labute approximate surface area is 183 Å². The van der Waals surface area contributed by atoms with Gasteiger partial charge in [-0.15, -0.1) is 24.8 Å². The Kier molecular flexibility index (Phi) is 8.81. The van der Waals surface area contributed by atoms with E-state index >= 15 is 0 Å². The minimum Gasteiger partial charge on any atom is -0.348 e. The lowest BCUT2D eigenvalue weighted by atomic mass is 9.85. The lowest BCUT2D eigenvalue weighted by Gasteiger charge is -2.28. The number of carbonyl (C=O) groups excluding carboxylic acids is 1. The molecule has 28 heavy (non-hydrogen) atoms. The zero-order chi connectivity index (χ0) is 17.9. The highest BCUT2D eigenvalue weighted by Crippen LogP contribution is 2.32. The van der Waals surface area contributed by atoms with Gasteiger partial charge in [-0.25, -0.2) is 4.98 Å². The molecule has 2 atom stereocenters. The normalized spacial score (nSPS) is 20.3. The molecular weight excluding hydrogens is 415 g/mol. The van der Waals surface area contributed by atoms with Crippen molar-refractivity contribution in [3.8, 4) is 0 Å². The maximum atomic E-state index is 12.5. The molecule has 2 aliphatic heterocycles. The Morgan fingerprint density at radius 1 is 1.32 bits per heavy atom. The number of thiazole rings is 1. The maximum absolute atomic E-state index is 12.5. The van der Waals surface area contributed by atoms with E-state index in [1.807, 2.05) is 12.1 Å². The van der Waals surface area contributed by atoms with Crippen LogP contribution in [0.4, 0.5) is 10.8 Å². The van der Waals surface area contributed by atoms with Crippen molar-refractivity contribution < 1.29 is 4.79 Å². The molecule has 1 aromatic carbocycles. The molecule has 0 radical (unpaired) electrons. The number of amides is 1. The number of hydrogen-bond acceptors (Lipinski definition) is 5. The number of hydrogen-bond donors (Lipinski definition) is 2. The van der Waals surface area contributed by atoms with Crippen LogP contribution in [0.15, 0.2) is 18.2 Å². The van der Waals surface area contributed by atoms with Crippen molar-refractivity contribution in [3.63, 3.8) is 0 Å². The Morgan fingerprint density at radius 2 is 2.11 bits per heavy atom. The van der Waals surface area contributed by atoms with Crippen LogP contribution in [-0.2, 0) is 4.79 Å². The van der Waals surface area contributed by atoms with Crippen LogP contribution in [0.1, 0.15) is 39.0 Å². The maximum Gasteiger partial charge on any atom is 0.224 e. The second-order valence-corrected chi connectivity index (χ2v) is 8.72. The largest absolute Gasteiger partial charge is 0.348 e. The Balaban J connectivity index is 0.00000140. The monoisotopic (exact) mass is 444 g/mol. The van der Waals surface area contributed by atoms with Crippen molar-refractivity contribution >= 4 is 63.1 Å². The summed E-state index contributed by atoms with van der Waals surface area (Å²) in [6, 6.07) is 6.06. The summed E-state index contributed by atoms with van der Waals surface area (Å²) in [4.78, 5) is 19.6. The molecule has 0 aliphatic carbocycles. The minimum absolute atomic E-state index is 0. The van der Waals surface area contributed by atoms with Crippen LogP contribution in [-0.4, -0.2) is 37.1 Å². The lowest BCUT2D eigenvalue weighted by Crippen LogP contribution is -2.34. The number of rotatable bonds is 5. The van der Waals surface area contributed by atoms with E-state index in [2.05, 4.69) is 28.5 Å². The first-order valence-corrected chi connectivity index (χ1v) is 10.7. The molecule has 1 aromatic heterocycles. The Hall–Kier alpha value is -1.08. The first-order chi connectivity index (χ1) is 12.7. The van der Waals surface area contributed by atoms with Gasteiger partial charge < -0.3 is 15.5 Å². The number of anilines is 2. The number of nitrogens with zero attached hydrogens (tertiary/aromatic N) is 2. The molecule has 1 amide bonds. The van der Waals surface area contributed by atoms with Crippen LogP contribution in [0.3, 0.4) is 0 Å². The minimum atomic E-state index is 0. The fourth-order valence-corrected chi connectivity index (χ4v) is 5.13. The van der Waals surface area contributed by atoms with Gasteiger partial charge in [-0.05, 0) is 68.8 Å². The number of benzene rings is 1. The number of piperidine rings is 1. The zero-order valence-corrected chi connectivity index (χ0v) is 18.7. The van der Waals surface area contributed by atoms with Gasteiger partial charge in [0.15, 0.2) is 5.13 Å². The van der Waals surface area contributed by atoms with E-state index < -0.39 is 0 Å². The van der Waals surface area contributed by atoms with Gasteiger partial charge >= 0.3 is 0 Å². The highest BCUT2D eigenvalue weighted by molar-refractivity contribution is 7.22. The smallest absolute Gasteiger partial charge is 0.224 e. The average Bonchev–Trinajstić information content (AvgIpc) is 3.31. The highest BCUT2D eigenvalue weighted by Gasteiger charge is 2.22. The first kappa shape index (κ1) is 23.2.